The number of guanidine groups is 1. The molecule has 0 saturated heterocycles. The third-order valence-corrected chi connectivity index (χ3v) is 3.12. The zero-order chi connectivity index (χ0) is 14.1. The number of rotatable bonds is 6. The maximum absolute atomic E-state index is 5.17. The van der Waals surface area contributed by atoms with E-state index < -0.39 is 0 Å². The maximum Gasteiger partial charge on any atom is 0.190 e. The fraction of sp³-hybridized carbons (Fsp3) is 0.533. The van der Waals surface area contributed by atoms with Crippen molar-refractivity contribution >= 4 is 29.9 Å². The molecule has 0 aliphatic rings. The van der Waals surface area contributed by atoms with Crippen LogP contribution in [0.2, 0.25) is 0 Å². The summed E-state index contributed by atoms with van der Waals surface area (Å²) in [6.07, 6.45) is 1.07. The molecular formula is C15H26IN3O. The van der Waals surface area contributed by atoms with Crippen molar-refractivity contribution in [3.63, 3.8) is 0 Å². The Kier molecular flexibility index (Phi) is 10.2. The first-order chi connectivity index (χ1) is 9.21. The van der Waals surface area contributed by atoms with Crippen molar-refractivity contribution in [3.05, 3.63) is 29.8 Å². The van der Waals surface area contributed by atoms with Crippen LogP contribution in [0.4, 0.5) is 0 Å². The molecule has 0 fully saturated rings. The van der Waals surface area contributed by atoms with E-state index in [2.05, 4.69) is 41.6 Å². The van der Waals surface area contributed by atoms with Gasteiger partial charge >= 0.3 is 0 Å². The number of methoxy groups -OCH3 is 1. The van der Waals surface area contributed by atoms with Crippen molar-refractivity contribution in [3.8, 4) is 5.75 Å². The molecule has 0 aromatic heterocycles. The molecule has 1 unspecified atom stereocenters. The van der Waals surface area contributed by atoms with E-state index in [1.807, 2.05) is 12.1 Å². The number of benzene rings is 1. The van der Waals surface area contributed by atoms with Gasteiger partial charge in [0.05, 0.1) is 7.11 Å². The lowest BCUT2D eigenvalue weighted by Gasteiger charge is -2.15. The Hall–Kier alpha value is -0.980. The average Bonchev–Trinajstić information content (AvgIpc) is 2.46. The van der Waals surface area contributed by atoms with E-state index in [1.165, 1.54) is 5.56 Å². The molecule has 0 aliphatic heterocycles. The Morgan fingerprint density at radius 2 is 1.90 bits per heavy atom. The van der Waals surface area contributed by atoms with Crippen molar-refractivity contribution in [1.29, 1.82) is 0 Å². The molecule has 0 amide bonds. The molecule has 0 spiro atoms. The van der Waals surface area contributed by atoms with Gasteiger partial charge in [-0.1, -0.05) is 19.1 Å². The number of nitrogens with zero attached hydrogens (tertiary/aromatic N) is 1. The minimum Gasteiger partial charge on any atom is -0.497 e. The predicted molar refractivity (Wildman–Crippen MR) is 96.5 cm³/mol. The minimum atomic E-state index is 0. The van der Waals surface area contributed by atoms with Crippen LogP contribution in [0.3, 0.4) is 0 Å². The van der Waals surface area contributed by atoms with Crippen LogP contribution in [0.5, 0.6) is 5.75 Å². The summed E-state index contributed by atoms with van der Waals surface area (Å²) < 4.78 is 5.17. The van der Waals surface area contributed by atoms with Crippen LogP contribution in [0.25, 0.3) is 0 Å². The number of hydrogen-bond acceptors (Lipinski definition) is 2. The summed E-state index contributed by atoms with van der Waals surface area (Å²) in [5.74, 6) is 2.28. The van der Waals surface area contributed by atoms with Gasteiger partial charge in [0.25, 0.3) is 0 Å². The largest absolute Gasteiger partial charge is 0.497 e. The Bertz CT molecular complexity index is 393. The molecule has 5 heteroatoms. The highest BCUT2D eigenvalue weighted by molar-refractivity contribution is 14.0. The maximum atomic E-state index is 5.17. The van der Waals surface area contributed by atoms with Crippen molar-refractivity contribution in [2.75, 3.05) is 27.2 Å². The summed E-state index contributed by atoms with van der Waals surface area (Å²) >= 11 is 0. The van der Waals surface area contributed by atoms with E-state index in [9.17, 15) is 0 Å². The first kappa shape index (κ1) is 19.0. The lowest BCUT2D eigenvalue weighted by molar-refractivity contribution is 0.414. The second-order valence-corrected chi connectivity index (χ2v) is 4.49. The predicted octanol–water partition coefficient (Wildman–Crippen LogP) is 2.99. The zero-order valence-corrected chi connectivity index (χ0v) is 15.1. The standard InChI is InChI=1S/C15H25N3O.HI/c1-5-17-15(16-3)18-11-10-12(2)13-6-8-14(19-4)9-7-13;/h6-9,12H,5,10-11H2,1-4H3,(H2,16,17,18);1H. The monoisotopic (exact) mass is 391 g/mol. The number of ether oxygens (including phenoxy) is 1. The quantitative estimate of drug-likeness (QED) is 0.445. The molecule has 1 atom stereocenters. The molecule has 0 aliphatic carbocycles. The third-order valence-electron chi connectivity index (χ3n) is 3.12. The summed E-state index contributed by atoms with van der Waals surface area (Å²) in [4.78, 5) is 4.15. The van der Waals surface area contributed by atoms with E-state index in [1.54, 1.807) is 14.2 Å². The summed E-state index contributed by atoms with van der Waals surface area (Å²) in [5, 5.41) is 6.49. The highest BCUT2D eigenvalue weighted by Gasteiger charge is 2.06. The fourth-order valence-corrected chi connectivity index (χ4v) is 1.89. The Labute approximate surface area is 139 Å². The van der Waals surface area contributed by atoms with E-state index >= 15 is 0 Å². The van der Waals surface area contributed by atoms with Crippen LogP contribution in [-0.4, -0.2) is 33.2 Å². The van der Waals surface area contributed by atoms with Gasteiger partial charge in [-0.25, -0.2) is 0 Å². The smallest absolute Gasteiger partial charge is 0.190 e. The molecule has 2 N–H and O–H groups in total. The Morgan fingerprint density at radius 3 is 2.40 bits per heavy atom. The number of halogens is 1. The summed E-state index contributed by atoms with van der Waals surface area (Å²) in [5.41, 5.74) is 1.33. The molecule has 1 aromatic rings. The lowest BCUT2D eigenvalue weighted by atomic mass is 9.98. The van der Waals surface area contributed by atoms with Crippen LogP contribution in [0.15, 0.2) is 29.3 Å². The highest BCUT2D eigenvalue weighted by Crippen LogP contribution is 2.21. The first-order valence-corrected chi connectivity index (χ1v) is 6.79. The molecule has 0 heterocycles. The van der Waals surface area contributed by atoms with Crippen LogP contribution < -0.4 is 15.4 Å². The van der Waals surface area contributed by atoms with E-state index in [0.29, 0.717) is 5.92 Å². The average molecular weight is 391 g/mol. The number of aliphatic imine (C=N–C) groups is 1. The Morgan fingerprint density at radius 1 is 1.25 bits per heavy atom. The molecule has 0 bridgehead atoms. The number of hydrogen-bond donors (Lipinski definition) is 2. The zero-order valence-electron chi connectivity index (χ0n) is 12.8. The second-order valence-electron chi connectivity index (χ2n) is 4.49. The first-order valence-electron chi connectivity index (χ1n) is 6.79. The van der Waals surface area contributed by atoms with Crippen molar-refractivity contribution in [2.24, 2.45) is 4.99 Å². The summed E-state index contributed by atoms with van der Waals surface area (Å²) in [6, 6.07) is 8.28. The van der Waals surface area contributed by atoms with Crippen molar-refractivity contribution < 1.29 is 4.74 Å². The van der Waals surface area contributed by atoms with Gasteiger partial charge in [0, 0.05) is 20.1 Å². The van der Waals surface area contributed by atoms with E-state index in [-0.39, 0.29) is 24.0 Å². The van der Waals surface area contributed by atoms with Crippen LogP contribution in [0.1, 0.15) is 31.7 Å². The normalized spacial score (nSPS) is 12.3. The van der Waals surface area contributed by atoms with Gasteiger partial charge in [-0.15, -0.1) is 24.0 Å². The van der Waals surface area contributed by atoms with Crippen LogP contribution >= 0.6 is 24.0 Å². The fourth-order valence-electron chi connectivity index (χ4n) is 1.89. The van der Waals surface area contributed by atoms with Gasteiger partial charge in [0.15, 0.2) is 5.96 Å². The molecule has 20 heavy (non-hydrogen) atoms. The lowest BCUT2D eigenvalue weighted by Crippen LogP contribution is -2.37. The second kappa shape index (κ2) is 10.8. The minimum absolute atomic E-state index is 0. The summed E-state index contributed by atoms with van der Waals surface area (Å²) in [7, 11) is 3.48. The van der Waals surface area contributed by atoms with Gasteiger partial charge in [-0.05, 0) is 37.0 Å². The molecule has 1 aromatic carbocycles. The molecule has 4 nitrogen and oxygen atoms in total. The molecule has 1 rings (SSSR count). The van der Waals surface area contributed by atoms with Crippen LogP contribution in [0, 0.1) is 0 Å². The summed E-state index contributed by atoms with van der Waals surface area (Å²) in [6.45, 7) is 6.09. The molecule has 0 saturated carbocycles. The molecular weight excluding hydrogens is 365 g/mol. The van der Waals surface area contributed by atoms with Gasteiger partial charge in [-0.2, -0.15) is 0 Å². The van der Waals surface area contributed by atoms with Crippen molar-refractivity contribution in [2.45, 2.75) is 26.2 Å². The number of nitrogens with one attached hydrogen (secondary N) is 2. The van der Waals surface area contributed by atoms with Gasteiger partial charge in [-0.3, -0.25) is 4.99 Å². The van der Waals surface area contributed by atoms with E-state index in [0.717, 1.165) is 31.2 Å². The molecule has 114 valence electrons. The van der Waals surface area contributed by atoms with Gasteiger partial charge in [0.2, 0.25) is 0 Å². The van der Waals surface area contributed by atoms with E-state index in [4.69, 9.17) is 4.74 Å². The van der Waals surface area contributed by atoms with Gasteiger partial charge in [0.1, 0.15) is 5.75 Å². The van der Waals surface area contributed by atoms with Gasteiger partial charge < -0.3 is 15.4 Å². The SMILES string of the molecule is CCNC(=NC)NCCC(C)c1ccc(OC)cc1.I. The topological polar surface area (TPSA) is 45.7 Å². The third kappa shape index (κ3) is 6.45. The molecule has 0 radical (unpaired) electrons. The van der Waals surface area contributed by atoms with Crippen LogP contribution in [-0.2, 0) is 0 Å². The highest BCUT2D eigenvalue weighted by atomic mass is 127. The van der Waals surface area contributed by atoms with Crippen molar-refractivity contribution in [1.82, 2.24) is 10.6 Å². The Balaban J connectivity index is 0.00000361.